The maximum Gasteiger partial charge on any atom is 0.311 e. The first-order chi connectivity index (χ1) is 8.05. The number of rotatable bonds is 2. The highest BCUT2D eigenvalue weighted by Gasteiger charge is 2.40. The van der Waals surface area contributed by atoms with Crippen molar-refractivity contribution in [2.75, 3.05) is 18.0 Å². The molecule has 1 saturated heterocycles. The second-order valence-corrected chi connectivity index (χ2v) is 4.70. The Hall–Kier alpha value is -2.02. The number of carboxylic acids is 1. The van der Waals surface area contributed by atoms with Crippen LogP contribution >= 0.6 is 0 Å². The van der Waals surface area contributed by atoms with Crippen LogP contribution in [-0.4, -0.2) is 24.2 Å². The van der Waals surface area contributed by atoms with Gasteiger partial charge in [-0.15, -0.1) is 0 Å². The van der Waals surface area contributed by atoms with Crippen molar-refractivity contribution in [1.82, 2.24) is 0 Å². The van der Waals surface area contributed by atoms with Gasteiger partial charge in [-0.2, -0.15) is 5.26 Å². The molecule has 1 atom stereocenters. The van der Waals surface area contributed by atoms with Crippen molar-refractivity contribution in [3.05, 3.63) is 29.8 Å². The van der Waals surface area contributed by atoms with Gasteiger partial charge < -0.3 is 10.0 Å². The minimum absolute atomic E-state index is 0.522. The Morgan fingerprint density at radius 3 is 2.59 bits per heavy atom. The number of hydrogen-bond donors (Lipinski definition) is 1. The molecule has 1 fully saturated rings. The van der Waals surface area contributed by atoms with Crippen LogP contribution in [0.15, 0.2) is 24.3 Å². The highest BCUT2D eigenvalue weighted by atomic mass is 16.4. The molecule has 4 nitrogen and oxygen atoms in total. The van der Waals surface area contributed by atoms with Crippen molar-refractivity contribution in [2.24, 2.45) is 5.41 Å². The van der Waals surface area contributed by atoms with Gasteiger partial charge in [0.25, 0.3) is 0 Å². The molecule has 0 aromatic heterocycles. The molecule has 0 amide bonds. The van der Waals surface area contributed by atoms with Crippen LogP contribution in [0.3, 0.4) is 0 Å². The number of anilines is 1. The second-order valence-electron chi connectivity index (χ2n) is 4.70. The fourth-order valence-corrected chi connectivity index (χ4v) is 2.10. The predicted octanol–water partition coefficient (Wildman–Crippen LogP) is 1.86. The van der Waals surface area contributed by atoms with E-state index in [-0.39, 0.29) is 0 Å². The van der Waals surface area contributed by atoms with Gasteiger partial charge >= 0.3 is 5.97 Å². The van der Waals surface area contributed by atoms with Gasteiger partial charge in [0.1, 0.15) is 0 Å². The number of benzene rings is 1. The first-order valence-electron chi connectivity index (χ1n) is 5.54. The van der Waals surface area contributed by atoms with E-state index >= 15 is 0 Å². The van der Waals surface area contributed by atoms with E-state index in [4.69, 9.17) is 10.4 Å². The van der Waals surface area contributed by atoms with Crippen LogP contribution in [0.1, 0.15) is 18.9 Å². The van der Waals surface area contributed by atoms with Crippen LogP contribution in [0.25, 0.3) is 0 Å². The molecular formula is C13H14N2O2. The van der Waals surface area contributed by atoms with E-state index in [9.17, 15) is 4.79 Å². The molecule has 1 aromatic rings. The molecule has 0 saturated carbocycles. The molecule has 1 aromatic carbocycles. The van der Waals surface area contributed by atoms with Crippen LogP contribution in [0.2, 0.25) is 0 Å². The largest absolute Gasteiger partial charge is 0.481 e. The smallest absolute Gasteiger partial charge is 0.311 e. The third-order valence-electron chi connectivity index (χ3n) is 3.35. The van der Waals surface area contributed by atoms with Gasteiger partial charge in [0, 0.05) is 18.8 Å². The molecule has 1 heterocycles. The Labute approximate surface area is 100 Å². The summed E-state index contributed by atoms with van der Waals surface area (Å²) < 4.78 is 0. The summed E-state index contributed by atoms with van der Waals surface area (Å²) in [6.07, 6.45) is 0.655. The summed E-state index contributed by atoms with van der Waals surface area (Å²) in [7, 11) is 0. The quantitative estimate of drug-likeness (QED) is 0.842. The average molecular weight is 230 g/mol. The number of nitriles is 1. The molecule has 0 bridgehead atoms. The maximum atomic E-state index is 11.1. The van der Waals surface area contributed by atoms with Crippen molar-refractivity contribution >= 4 is 11.7 Å². The first-order valence-corrected chi connectivity index (χ1v) is 5.54. The van der Waals surface area contributed by atoms with E-state index in [1.165, 1.54) is 0 Å². The number of nitrogens with zero attached hydrogens (tertiary/aromatic N) is 2. The van der Waals surface area contributed by atoms with E-state index in [2.05, 4.69) is 11.0 Å². The van der Waals surface area contributed by atoms with Crippen molar-refractivity contribution in [2.45, 2.75) is 13.3 Å². The van der Waals surface area contributed by atoms with Gasteiger partial charge in [-0.1, -0.05) is 0 Å². The molecule has 4 heteroatoms. The van der Waals surface area contributed by atoms with Crippen LogP contribution in [0.5, 0.6) is 0 Å². The zero-order valence-corrected chi connectivity index (χ0v) is 9.68. The van der Waals surface area contributed by atoms with Crippen molar-refractivity contribution in [3.63, 3.8) is 0 Å². The first kappa shape index (κ1) is 11.5. The lowest BCUT2D eigenvalue weighted by atomic mass is 9.90. The molecule has 0 spiro atoms. The summed E-state index contributed by atoms with van der Waals surface area (Å²) in [5.41, 5.74) is 0.941. The van der Waals surface area contributed by atoms with Crippen molar-refractivity contribution < 1.29 is 9.90 Å². The Kier molecular flexibility index (Phi) is 2.76. The van der Waals surface area contributed by atoms with Crippen LogP contribution in [0, 0.1) is 16.7 Å². The molecule has 17 heavy (non-hydrogen) atoms. The van der Waals surface area contributed by atoms with E-state index in [0.717, 1.165) is 12.2 Å². The van der Waals surface area contributed by atoms with Gasteiger partial charge in [0.05, 0.1) is 17.0 Å². The Bertz CT molecular complexity index is 475. The lowest BCUT2D eigenvalue weighted by Crippen LogP contribution is -2.31. The fraction of sp³-hybridized carbons (Fsp3) is 0.385. The van der Waals surface area contributed by atoms with E-state index in [0.29, 0.717) is 18.5 Å². The standard InChI is InChI=1S/C13H14N2O2/c1-13(12(16)17)6-7-15(9-13)11-4-2-10(8-14)3-5-11/h2-5H,6-7,9H2,1H3,(H,16,17). The van der Waals surface area contributed by atoms with E-state index in [1.807, 2.05) is 12.1 Å². The highest BCUT2D eigenvalue weighted by Crippen LogP contribution is 2.33. The predicted molar refractivity (Wildman–Crippen MR) is 63.7 cm³/mol. The lowest BCUT2D eigenvalue weighted by Gasteiger charge is -2.21. The Morgan fingerprint density at radius 1 is 1.47 bits per heavy atom. The third kappa shape index (κ3) is 2.09. The van der Waals surface area contributed by atoms with Gasteiger partial charge in [0.15, 0.2) is 0 Å². The number of carboxylic acid groups (broad SMARTS) is 1. The zero-order chi connectivity index (χ0) is 12.5. The molecule has 1 unspecified atom stereocenters. The lowest BCUT2D eigenvalue weighted by molar-refractivity contribution is -0.146. The summed E-state index contributed by atoms with van der Waals surface area (Å²) in [6, 6.07) is 9.31. The monoisotopic (exact) mass is 230 g/mol. The van der Waals surface area contributed by atoms with Crippen LogP contribution in [0.4, 0.5) is 5.69 Å². The fourth-order valence-electron chi connectivity index (χ4n) is 2.10. The molecule has 2 rings (SSSR count). The average Bonchev–Trinajstić information content (AvgIpc) is 2.74. The number of aliphatic carboxylic acids is 1. The third-order valence-corrected chi connectivity index (χ3v) is 3.35. The van der Waals surface area contributed by atoms with Crippen LogP contribution in [-0.2, 0) is 4.79 Å². The summed E-state index contributed by atoms with van der Waals surface area (Å²) in [5, 5.41) is 17.9. The molecule has 0 radical (unpaired) electrons. The summed E-state index contributed by atoms with van der Waals surface area (Å²) in [6.45, 7) is 3.04. The Balaban J connectivity index is 2.15. The summed E-state index contributed by atoms with van der Waals surface area (Å²) in [4.78, 5) is 13.2. The molecule has 1 aliphatic rings. The number of carbonyl (C=O) groups is 1. The summed E-state index contributed by atoms with van der Waals surface area (Å²) in [5.74, 6) is -0.742. The Morgan fingerprint density at radius 2 is 2.12 bits per heavy atom. The highest BCUT2D eigenvalue weighted by molar-refractivity contribution is 5.76. The molecule has 1 aliphatic heterocycles. The summed E-state index contributed by atoms with van der Waals surface area (Å²) >= 11 is 0. The normalized spacial score (nSPS) is 23.4. The molecule has 88 valence electrons. The maximum absolute atomic E-state index is 11.1. The minimum atomic E-state index is -0.742. The van der Waals surface area contributed by atoms with Crippen molar-refractivity contribution in [3.8, 4) is 6.07 Å². The molecular weight excluding hydrogens is 216 g/mol. The van der Waals surface area contributed by atoms with Gasteiger partial charge in [-0.25, -0.2) is 0 Å². The van der Waals surface area contributed by atoms with E-state index in [1.54, 1.807) is 19.1 Å². The number of hydrogen-bond acceptors (Lipinski definition) is 3. The molecule has 1 N–H and O–H groups in total. The van der Waals surface area contributed by atoms with Gasteiger partial charge in [0.2, 0.25) is 0 Å². The minimum Gasteiger partial charge on any atom is -0.481 e. The van der Waals surface area contributed by atoms with E-state index < -0.39 is 11.4 Å². The molecule has 0 aliphatic carbocycles. The zero-order valence-electron chi connectivity index (χ0n) is 9.68. The topological polar surface area (TPSA) is 64.3 Å². The van der Waals surface area contributed by atoms with Crippen LogP contribution < -0.4 is 4.90 Å². The van der Waals surface area contributed by atoms with Gasteiger partial charge in [-0.3, -0.25) is 4.79 Å². The van der Waals surface area contributed by atoms with Gasteiger partial charge in [-0.05, 0) is 37.6 Å². The van der Waals surface area contributed by atoms with Crippen molar-refractivity contribution in [1.29, 1.82) is 5.26 Å². The SMILES string of the molecule is CC1(C(=O)O)CCN(c2ccc(C#N)cc2)C1. The second kappa shape index (κ2) is 4.10.